The molecule has 0 aromatic carbocycles. The Morgan fingerprint density at radius 2 is 1.94 bits per heavy atom. The molecule has 0 saturated heterocycles. The van der Waals surface area contributed by atoms with Crippen LogP contribution >= 0.6 is 0 Å². The summed E-state index contributed by atoms with van der Waals surface area (Å²) in [5.41, 5.74) is 0.849. The normalized spacial score (nSPS) is 11.7. The highest BCUT2D eigenvalue weighted by Gasteiger charge is 2.23. The Hall–Kier alpha value is -1.32. The number of aromatic nitrogens is 2. The fourth-order valence-corrected chi connectivity index (χ4v) is 1.62. The Balaban J connectivity index is 3.14. The van der Waals surface area contributed by atoms with E-state index in [0.717, 1.165) is 24.3 Å². The van der Waals surface area contributed by atoms with E-state index in [1.54, 1.807) is 6.33 Å². The molecule has 18 heavy (non-hydrogen) atoms. The lowest BCUT2D eigenvalue weighted by Crippen LogP contribution is -2.28. The van der Waals surface area contributed by atoms with Gasteiger partial charge in [-0.2, -0.15) is 0 Å². The van der Waals surface area contributed by atoms with Crippen LogP contribution < -0.4 is 10.1 Å². The molecule has 0 amide bonds. The van der Waals surface area contributed by atoms with Crippen molar-refractivity contribution < 1.29 is 4.74 Å². The molecular weight excluding hydrogens is 226 g/mol. The van der Waals surface area contributed by atoms with Crippen molar-refractivity contribution in [2.45, 2.75) is 59.5 Å². The first-order valence-corrected chi connectivity index (χ1v) is 6.69. The second-order valence-corrected chi connectivity index (χ2v) is 5.34. The van der Waals surface area contributed by atoms with Crippen molar-refractivity contribution in [1.29, 1.82) is 0 Å². The molecule has 0 fully saturated rings. The molecule has 0 saturated carbocycles. The molecule has 0 bridgehead atoms. The van der Waals surface area contributed by atoms with E-state index in [0.29, 0.717) is 11.8 Å². The summed E-state index contributed by atoms with van der Waals surface area (Å²) in [7, 11) is 0. The monoisotopic (exact) mass is 251 g/mol. The Labute approximate surface area is 110 Å². The maximum absolute atomic E-state index is 6.04. The first kappa shape index (κ1) is 14.7. The Bertz CT molecular complexity index is 389. The lowest BCUT2D eigenvalue weighted by atomic mass is 10.0. The molecule has 1 aromatic rings. The van der Waals surface area contributed by atoms with E-state index in [9.17, 15) is 0 Å². The molecule has 1 aromatic heterocycles. The van der Waals surface area contributed by atoms with E-state index in [1.165, 1.54) is 0 Å². The lowest BCUT2D eigenvalue weighted by molar-refractivity contribution is 0.0971. The smallest absolute Gasteiger partial charge is 0.222 e. The highest BCUT2D eigenvalue weighted by Crippen LogP contribution is 2.32. The van der Waals surface area contributed by atoms with Crippen LogP contribution in [0.4, 0.5) is 5.82 Å². The number of ether oxygens (including phenoxy) is 1. The molecule has 0 unspecified atom stereocenters. The lowest BCUT2D eigenvalue weighted by Gasteiger charge is -2.26. The van der Waals surface area contributed by atoms with Gasteiger partial charge in [0.1, 0.15) is 17.7 Å². The van der Waals surface area contributed by atoms with Gasteiger partial charge in [-0.1, -0.05) is 20.8 Å². The van der Waals surface area contributed by atoms with Crippen molar-refractivity contribution >= 4 is 5.82 Å². The van der Waals surface area contributed by atoms with Crippen LogP contribution in [0.2, 0.25) is 0 Å². The van der Waals surface area contributed by atoms with Gasteiger partial charge in [-0.3, -0.25) is 0 Å². The summed E-state index contributed by atoms with van der Waals surface area (Å²) >= 11 is 0. The topological polar surface area (TPSA) is 47.0 Å². The highest BCUT2D eigenvalue weighted by atomic mass is 16.5. The molecule has 1 N–H and O–H groups in total. The van der Waals surface area contributed by atoms with E-state index in [1.807, 2.05) is 0 Å². The predicted octanol–water partition coefficient (Wildman–Crippen LogP) is 3.60. The Morgan fingerprint density at radius 1 is 1.28 bits per heavy atom. The molecule has 0 radical (unpaired) electrons. The maximum atomic E-state index is 6.04. The summed E-state index contributed by atoms with van der Waals surface area (Å²) in [6.45, 7) is 13.4. The van der Waals surface area contributed by atoms with Gasteiger partial charge in [-0.25, -0.2) is 9.97 Å². The van der Waals surface area contributed by atoms with Gasteiger partial charge in [0.15, 0.2) is 0 Å². The summed E-state index contributed by atoms with van der Waals surface area (Å²) in [6.07, 6.45) is 2.50. The zero-order valence-corrected chi connectivity index (χ0v) is 12.4. The molecule has 4 heteroatoms. The molecule has 102 valence electrons. The Kier molecular flexibility index (Phi) is 4.93. The second-order valence-electron chi connectivity index (χ2n) is 5.34. The third-order valence-corrected chi connectivity index (χ3v) is 2.99. The molecule has 4 nitrogen and oxygen atoms in total. The largest absolute Gasteiger partial charge is 0.471 e. The van der Waals surface area contributed by atoms with E-state index in [4.69, 9.17) is 4.74 Å². The summed E-state index contributed by atoms with van der Waals surface area (Å²) < 4.78 is 6.04. The van der Waals surface area contributed by atoms with Gasteiger partial charge in [0.2, 0.25) is 5.88 Å². The molecule has 0 aliphatic heterocycles. The van der Waals surface area contributed by atoms with Crippen LogP contribution in [0, 0.1) is 0 Å². The summed E-state index contributed by atoms with van der Waals surface area (Å²) in [5.74, 6) is 1.90. The van der Waals surface area contributed by atoms with Crippen molar-refractivity contribution in [3.63, 3.8) is 0 Å². The van der Waals surface area contributed by atoms with E-state index >= 15 is 0 Å². The number of anilines is 1. The SMILES string of the molecule is CCNc1ncnc(OC(C)(C)CC)c1C(C)C. The minimum Gasteiger partial charge on any atom is -0.471 e. The summed E-state index contributed by atoms with van der Waals surface area (Å²) in [4.78, 5) is 8.61. The third-order valence-electron chi connectivity index (χ3n) is 2.99. The fraction of sp³-hybridized carbons (Fsp3) is 0.714. The zero-order valence-electron chi connectivity index (χ0n) is 12.4. The minimum absolute atomic E-state index is 0.207. The van der Waals surface area contributed by atoms with Crippen molar-refractivity contribution in [3.8, 4) is 5.88 Å². The van der Waals surface area contributed by atoms with Crippen LogP contribution in [0.3, 0.4) is 0 Å². The molecule has 0 spiro atoms. The third kappa shape index (κ3) is 3.59. The van der Waals surface area contributed by atoms with Crippen LogP contribution in [0.5, 0.6) is 5.88 Å². The standard InChI is InChI=1S/C14H25N3O/c1-7-14(5,6)18-13-11(10(3)4)12(15-8-2)16-9-17-13/h9-10H,7-8H2,1-6H3,(H,15,16,17). The molecule has 1 rings (SSSR count). The number of rotatable bonds is 6. The predicted molar refractivity (Wildman–Crippen MR) is 75.3 cm³/mol. The van der Waals surface area contributed by atoms with Gasteiger partial charge < -0.3 is 10.1 Å². The molecule has 0 aliphatic carbocycles. The number of nitrogens with one attached hydrogen (secondary N) is 1. The summed E-state index contributed by atoms with van der Waals surface area (Å²) in [5, 5.41) is 3.27. The Morgan fingerprint density at radius 3 is 2.44 bits per heavy atom. The fourth-order valence-electron chi connectivity index (χ4n) is 1.62. The van der Waals surface area contributed by atoms with E-state index in [2.05, 4.69) is 56.8 Å². The minimum atomic E-state index is -0.207. The van der Waals surface area contributed by atoms with Crippen LogP contribution in [-0.4, -0.2) is 22.1 Å². The zero-order chi connectivity index (χ0) is 13.8. The van der Waals surface area contributed by atoms with Crippen LogP contribution in [0.15, 0.2) is 6.33 Å². The van der Waals surface area contributed by atoms with Crippen LogP contribution in [-0.2, 0) is 0 Å². The maximum Gasteiger partial charge on any atom is 0.222 e. The van der Waals surface area contributed by atoms with Gasteiger partial charge in [0, 0.05) is 6.54 Å². The number of nitrogens with zero attached hydrogens (tertiary/aromatic N) is 2. The molecule has 0 aliphatic rings. The van der Waals surface area contributed by atoms with Gasteiger partial charge >= 0.3 is 0 Å². The average Bonchev–Trinajstić information content (AvgIpc) is 2.28. The van der Waals surface area contributed by atoms with Crippen LogP contribution in [0.25, 0.3) is 0 Å². The molecule has 1 heterocycles. The number of hydrogen-bond acceptors (Lipinski definition) is 4. The van der Waals surface area contributed by atoms with Crippen molar-refractivity contribution in [2.75, 3.05) is 11.9 Å². The summed E-state index contributed by atoms with van der Waals surface area (Å²) in [6, 6.07) is 0. The van der Waals surface area contributed by atoms with E-state index in [-0.39, 0.29) is 5.60 Å². The molecular formula is C14H25N3O. The van der Waals surface area contributed by atoms with E-state index < -0.39 is 0 Å². The van der Waals surface area contributed by atoms with Crippen LogP contribution in [0.1, 0.15) is 59.4 Å². The van der Waals surface area contributed by atoms with Gasteiger partial charge in [-0.15, -0.1) is 0 Å². The second kappa shape index (κ2) is 6.03. The van der Waals surface area contributed by atoms with Gasteiger partial charge in [0.05, 0.1) is 5.56 Å². The van der Waals surface area contributed by atoms with Gasteiger partial charge in [-0.05, 0) is 33.1 Å². The number of hydrogen-bond donors (Lipinski definition) is 1. The first-order chi connectivity index (χ1) is 8.41. The van der Waals surface area contributed by atoms with Crippen molar-refractivity contribution in [3.05, 3.63) is 11.9 Å². The van der Waals surface area contributed by atoms with Crippen molar-refractivity contribution in [2.24, 2.45) is 0 Å². The average molecular weight is 251 g/mol. The molecule has 0 atom stereocenters. The quantitative estimate of drug-likeness (QED) is 0.839. The van der Waals surface area contributed by atoms with Crippen molar-refractivity contribution in [1.82, 2.24) is 9.97 Å². The first-order valence-electron chi connectivity index (χ1n) is 6.69. The van der Waals surface area contributed by atoms with Gasteiger partial charge in [0.25, 0.3) is 0 Å². The highest BCUT2D eigenvalue weighted by molar-refractivity contribution is 5.50.